The molecule has 0 fully saturated rings. The number of rotatable bonds is 11. The maximum atomic E-state index is 11.6. The van der Waals surface area contributed by atoms with E-state index < -0.39 is 7.60 Å². The van der Waals surface area contributed by atoms with Crippen molar-refractivity contribution in [3.63, 3.8) is 0 Å². The molecule has 0 unspecified atom stereocenters. The first-order valence-corrected chi connectivity index (χ1v) is 18.6. The van der Waals surface area contributed by atoms with E-state index in [1.807, 2.05) is 63.3 Å². The first-order valence-electron chi connectivity index (χ1n) is 15.7. The minimum absolute atomic E-state index is 0.130. The van der Waals surface area contributed by atoms with E-state index in [-0.39, 0.29) is 34.8 Å². The van der Waals surface area contributed by atoms with Crippen LogP contribution in [0.5, 0.6) is 0 Å². The fourth-order valence-corrected chi connectivity index (χ4v) is 6.03. The number of carbonyl (C=O) groups excluding carboxylic acids is 4. The van der Waals surface area contributed by atoms with Crippen LogP contribution in [-0.2, 0) is 55.1 Å². The van der Waals surface area contributed by atoms with Gasteiger partial charge < -0.3 is 18.5 Å². The summed E-state index contributed by atoms with van der Waals surface area (Å²) in [5.41, 5.74) is 6.67. The van der Waals surface area contributed by atoms with Crippen LogP contribution in [0, 0.1) is 0 Å². The van der Waals surface area contributed by atoms with Crippen LogP contribution in [0.2, 0.25) is 0 Å². The Morgan fingerprint density at radius 1 is 0.833 bits per heavy atom. The number of hydrogen-bond acceptors (Lipinski definition) is 9. The third-order valence-electron chi connectivity index (χ3n) is 6.05. The summed E-state index contributed by atoms with van der Waals surface area (Å²) < 4.78 is 31.1. The Morgan fingerprint density at radius 2 is 1.33 bits per heavy atom. The molecule has 9 nitrogen and oxygen atoms in total. The number of Topliss-reactive ketones (excluding diaryl/α,β-unsaturated/α-hetero) is 1. The molecule has 0 saturated carbocycles. The molecule has 0 saturated heterocycles. The average molecular weight is 748 g/mol. The van der Waals surface area contributed by atoms with E-state index in [9.17, 15) is 23.7 Å². The first kappa shape index (κ1) is 42.6. The SMILES string of the molecule is CC(C)(C)OC(=O)CBr.CCOC(=O)/C=C/C1=Cc2ccccc2C1.CCOP(=O)(CC(C)=O)OCC.O=CC1=Cc2ccccc2C1. The highest BCUT2D eigenvalue weighted by Crippen LogP contribution is 2.47. The molecule has 2 aromatic rings. The summed E-state index contributed by atoms with van der Waals surface area (Å²) in [6.45, 7) is 13.1. The van der Waals surface area contributed by atoms with Gasteiger partial charge in [-0.15, -0.1) is 0 Å². The zero-order valence-electron chi connectivity index (χ0n) is 29.0. The predicted octanol–water partition coefficient (Wildman–Crippen LogP) is 8.13. The Labute approximate surface area is 293 Å². The van der Waals surface area contributed by atoms with E-state index in [4.69, 9.17) is 18.5 Å². The molecule has 2 aliphatic rings. The van der Waals surface area contributed by atoms with E-state index in [0.717, 1.165) is 30.3 Å². The molecular weight excluding hydrogens is 699 g/mol. The molecule has 262 valence electrons. The van der Waals surface area contributed by atoms with Crippen LogP contribution in [-0.4, -0.2) is 60.9 Å². The minimum atomic E-state index is -3.12. The molecule has 48 heavy (non-hydrogen) atoms. The van der Waals surface area contributed by atoms with Gasteiger partial charge in [0.15, 0.2) is 0 Å². The van der Waals surface area contributed by atoms with Crippen LogP contribution in [0.1, 0.15) is 70.7 Å². The fourth-order valence-electron chi connectivity index (χ4n) is 4.32. The lowest BCUT2D eigenvalue weighted by Crippen LogP contribution is -2.24. The normalized spacial score (nSPS) is 12.8. The van der Waals surface area contributed by atoms with E-state index in [2.05, 4.69) is 40.2 Å². The largest absolute Gasteiger partial charge is 0.463 e. The quantitative estimate of drug-likeness (QED) is 0.0737. The lowest BCUT2D eigenvalue weighted by atomic mass is 10.1. The number of ketones is 1. The molecule has 4 rings (SSSR count). The van der Waals surface area contributed by atoms with Gasteiger partial charge in [-0.3, -0.25) is 18.9 Å². The molecule has 0 radical (unpaired) electrons. The van der Waals surface area contributed by atoms with Crippen molar-refractivity contribution in [3.8, 4) is 0 Å². The molecule has 11 heteroatoms. The number of benzene rings is 2. The van der Waals surface area contributed by atoms with E-state index in [1.54, 1.807) is 20.8 Å². The topological polar surface area (TPSA) is 122 Å². The van der Waals surface area contributed by atoms with Crippen molar-refractivity contribution in [3.05, 3.63) is 94.1 Å². The van der Waals surface area contributed by atoms with Crippen molar-refractivity contribution in [2.75, 3.05) is 31.3 Å². The highest BCUT2D eigenvalue weighted by molar-refractivity contribution is 9.09. The molecule has 0 aliphatic heterocycles. The van der Waals surface area contributed by atoms with Gasteiger partial charge >= 0.3 is 19.5 Å². The molecule has 0 N–H and O–H groups in total. The van der Waals surface area contributed by atoms with Crippen molar-refractivity contribution in [2.24, 2.45) is 0 Å². The van der Waals surface area contributed by atoms with Gasteiger partial charge in [0.25, 0.3) is 0 Å². The number of esters is 2. The van der Waals surface area contributed by atoms with Gasteiger partial charge in [0, 0.05) is 12.5 Å². The summed E-state index contributed by atoms with van der Waals surface area (Å²) in [6, 6.07) is 16.3. The molecule has 0 aromatic heterocycles. The Hall–Kier alpha value is -3.43. The standard InChI is InChI=1S/C14H14O2.C10H8O.C7H15O4P.C6H11BrO2/c1-2-16-14(15)8-7-11-9-12-5-3-4-6-13(12)10-11;11-7-8-5-9-3-1-2-4-10(9)6-8;1-4-10-12(9,11-5-2)6-7(3)8;1-6(2,3)9-5(8)4-7/h3-9H,2,10H2,1H3;1-5,7H,6H2;4-6H2,1-3H3;4H2,1-3H3/b8-7+;;;. The van der Waals surface area contributed by atoms with Crippen molar-refractivity contribution in [1.29, 1.82) is 0 Å². The van der Waals surface area contributed by atoms with Gasteiger partial charge in [0.1, 0.15) is 29.2 Å². The van der Waals surface area contributed by atoms with Crippen molar-refractivity contribution < 1.29 is 42.3 Å². The van der Waals surface area contributed by atoms with Crippen molar-refractivity contribution >= 4 is 59.7 Å². The lowest BCUT2D eigenvalue weighted by molar-refractivity contribution is -0.151. The summed E-state index contributed by atoms with van der Waals surface area (Å²) >= 11 is 2.99. The Kier molecular flexibility index (Phi) is 19.7. The van der Waals surface area contributed by atoms with Gasteiger partial charge in [-0.25, -0.2) is 4.79 Å². The second-order valence-electron chi connectivity index (χ2n) is 11.4. The minimum Gasteiger partial charge on any atom is -0.463 e. The fraction of sp³-hybridized carbons (Fsp3) is 0.405. The summed E-state index contributed by atoms with van der Waals surface area (Å²) in [4.78, 5) is 42.8. The molecule has 0 heterocycles. The molecule has 2 aliphatic carbocycles. The highest BCUT2D eigenvalue weighted by atomic mass is 79.9. The van der Waals surface area contributed by atoms with Crippen molar-refractivity contribution in [2.45, 2.75) is 66.9 Å². The van der Waals surface area contributed by atoms with Gasteiger partial charge in [-0.05, 0) is 94.4 Å². The highest BCUT2D eigenvalue weighted by Gasteiger charge is 2.25. The number of carbonyl (C=O) groups is 4. The van der Waals surface area contributed by atoms with Gasteiger partial charge in [-0.2, -0.15) is 0 Å². The number of allylic oxidation sites excluding steroid dienone is 3. The van der Waals surface area contributed by atoms with Gasteiger partial charge in [0.05, 0.1) is 19.8 Å². The summed E-state index contributed by atoms with van der Waals surface area (Å²) in [5.74, 6) is -0.679. The maximum Gasteiger partial charge on any atom is 0.338 e. The summed E-state index contributed by atoms with van der Waals surface area (Å²) in [7, 11) is -3.12. The van der Waals surface area contributed by atoms with Crippen molar-refractivity contribution in [1.82, 2.24) is 0 Å². The molecule has 0 atom stereocenters. The number of alkyl halides is 1. The molecule has 0 bridgehead atoms. The number of fused-ring (bicyclic) bond motifs is 2. The Bertz CT molecular complexity index is 1490. The molecular formula is C37H48BrO9P. The maximum absolute atomic E-state index is 11.6. The third kappa shape index (κ3) is 17.6. The zero-order valence-corrected chi connectivity index (χ0v) is 31.4. The van der Waals surface area contributed by atoms with E-state index in [0.29, 0.717) is 19.8 Å². The average Bonchev–Trinajstić information content (AvgIpc) is 3.64. The smallest absolute Gasteiger partial charge is 0.338 e. The van der Waals surface area contributed by atoms with Gasteiger partial charge in [0.2, 0.25) is 0 Å². The van der Waals surface area contributed by atoms with Crippen LogP contribution in [0.4, 0.5) is 0 Å². The zero-order chi connectivity index (χ0) is 36.2. The monoisotopic (exact) mass is 746 g/mol. The van der Waals surface area contributed by atoms with Crippen LogP contribution < -0.4 is 0 Å². The van der Waals surface area contributed by atoms with Crippen LogP contribution in [0.25, 0.3) is 12.2 Å². The molecule has 0 spiro atoms. The Morgan fingerprint density at radius 3 is 1.73 bits per heavy atom. The third-order valence-corrected chi connectivity index (χ3v) is 8.64. The second kappa shape index (κ2) is 22.3. The first-order chi connectivity index (χ1) is 22.7. The van der Waals surface area contributed by atoms with Crippen LogP contribution in [0.15, 0.2) is 71.8 Å². The number of ether oxygens (including phenoxy) is 2. The van der Waals surface area contributed by atoms with E-state index >= 15 is 0 Å². The number of hydrogen-bond donors (Lipinski definition) is 0. The summed E-state index contributed by atoms with van der Waals surface area (Å²) in [6.07, 6.45) is 9.87. The van der Waals surface area contributed by atoms with Crippen LogP contribution >= 0.6 is 23.5 Å². The molecule has 2 aromatic carbocycles. The van der Waals surface area contributed by atoms with E-state index in [1.165, 1.54) is 35.3 Å². The van der Waals surface area contributed by atoms with Gasteiger partial charge in [-0.1, -0.05) is 76.6 Å². The summed E-state index contributed by atoms with van der Waals surface area (Å²) in [5, 5.41) is 0.268. The predicted molar refractivity (Wildman–Crippen MR) is 194 cm³/mol. The Balaban J connectivity index is 0.000000328. The molecule has 0 amide bonds. The number of halogens is 1. The van der Waals surface area contributed by atoms with Crippen LogP contribution in [0.3, 0.4) is 0 Å². The number of aldehydes is 1. The second-order valence-corrected chi connectivity index (χ2v) is 14.0. The lowest BCUT2D eigenvalue weighted by Gasteiger charge is -2.18.